The number of fused-ring (bicyclic) bond motifs is 3. The molecule has 5 aromatic carbocycles. The minimum absolute atomic E-state index is 0.0108. The molecule has 600 valence electrons. The highest BCUT2D eigenvalue weighted by Gasteiger charge is 2.55. The molecule has 0 bridgehead atoms. The van der Waals surface area contributed by atoms with Crippen LogP contribution >= 0.6 is 0 Å². The first kappa shape index (κ1) is 86.9. The molecule has 0 spiro atoms. The highest BCUT2D eigenvalue weighted by atomic mass is 16.7. The van der Waals surface area contributed by atoms with Crippen molar-refractivity contribution < 1.29 is 116 Å². The fourth-order valence-electron chi connectivity index (χ4n) is 14.2. The summed E-state index contributed by atoms with van der Waals surface area (Å²) in [4.78, 5) is 189. The average molecular weight is 1550 g/mol. The smallest absolute Gasteiger partial charge is 0.407 e. The molecule has 11 atom stereocenters. The molecule has 1 fully saturated rings. The van der Waals surface area contributed by atoms with E-state index in [2.05, 4.69) is 26.6 Å². The van der Waals surface area contributed by atoms with Crippen LogP contribution in [0.15, 0.2) is 103 Å². The van der Waals surface area contributed by atoms with Gasteiger partial charge in [-0.25, -0.2) is 9.59 Å². The summed E-state index contributed by atoms with van der Waals surface area (Å²) < 4.78 is 28.8. The summed E-state index contributed by atoms with van der Waals surface area (Å²) in [5, 5.41) is 70.4. The minimum atomic E-state index is -2.47. The van der Waals surface area contributed by atoms with E-state index in [0.717, 1.165) is 5.56 Å². The predicted octanol–water partition coefficient (Wildman–Crippen LogP) is 6.66. The number of alkyl carbamates (subject to hydrolysis) is 2. The fourth-order valence-corrected chi connectivity index (χ4v) is 14.2. The molecule has 5 amide bonds. The van der Waals surface area contributed by atoms with E-state index in [1.807, 2.05) is 30.3 Å². The SMILES string of the molecule is CC(=O)CC[C@H](NC(=O)[C@H](CC(C)=O)CC(=O)CNC(=O)[C@@H](C)CCCCNC(=O)OCc1ccccc1)C(=O)C[C@H](C(=O)N[C@@H](CC(=O)OCc1ccccc1)C(=O)Cc1ccc(COC(=O)N[C@H]2C[C@H](O[C@@]3(C)C[C@](O)(C(=O)CO)Cc4c(O)c5c(c(O)c43)C(=O)c3c(C)cccc3C5=O)O[C@@H](C)[C@H]2O)cc1)C(C)C. The topological polar surface area (TPSA) is 446 Å². The van der Waals surface area contributed by atoms with Crippen LogP contribution in [-0.4, -0.2) is 170 Å². The summed E-state index contributed by atoms with van der Waals surface area (Å²) in [5.74, 6) is -13.6. The maximum atomic E-state index is 14.5. The van der Waals surface area contributed by atoms with E-state index in [-0.39, 0.29) is 73.5 Å². The van der Waals surface area contributed by atoms with Gasteiger partial charge >= 0.3 is 18.2 Å². The standard InChI is InChI=1S/C83H99N5O24/c1-45(2)58(35-64(94)60(30-25-48(5)90)86-78(103)55(32-49(6)91)34-56(92)39-85-77(102)47(4)18-15-16-31-84-80(105)109-42-53-22-13-10-14-23-53)79(104)87-61(36-66(96)108-41-52-20-11-9-12-21-52)63(93)33-51-26-28-54(29-27-51)43-110-81(106)88-62-37-67(111-50(7)72(62)97)112-82(8)44-83(107,65(95)40-89)38-59-71(82)76(101)70-69(74(59)99)73(98)57-24-17-19-46(3)68(57)75(70)100/h9-14,17,19-24,26-29,45,47,50,55,58,60-62,67,72,89,97,99,101,107H,15-16,18,25,30-44H2,1-8H3,(H,84,105)(H,85,102)(H,86,103)(H,87,104)(H,88,106)/t47-,50-,55+,58-,60-,61-,62-,67-,72+,82-,83-/m0/s1. The van der Waals surface area contributed by atoms with Crippen molar-refractivity contribution in [1.82, 2.24) is 26.6 Å². The second-order valence-corrected chi connectivity index (χ2v) is 29.7. The van der Waals surface area contributed by atoms with Crippen molar-refractivity contribution in [3.05, 3.63) is 164 Å². The summed E-state index contributed by atoms with van der Waals surface area (Å²) >= 11 is 0. The zero-order chi connectivity index (χ0) is 81.9. The number of hydrogen-bond donors (Lipinski definition) is 10. The molecule has 0 unspecified atom stereocenters. The van der Waals surface area contributed by atoms with Crippen molar-refractivity contribution in [3.8, 4) is 11.5 Å². The molecule has 0 aromatic heterocycles. The van der Waals surface area contributed by atoms with E-state index in [1.54, 1.807) is 70.2 Å². The molecule has 1 heterocycles. The fraction of sp³-hybridized carbons (Fsp3) is 0.470. The summed E-state index contributed by atoms with van der Waals surface area (Å²) in [6, 6.07) is 24.4. The Balaban J connectivity index is 0.878. The minimum Gasteiger partial charge on any atom is -0.507 e. The van der Waals surface area contributed by atoms with Crippen molar-refractivity contribution in [1.29, 1.82) is 0 Å². The number of carbonyl (C=O) groups is 14. The summed E-state index contributed by atoms with van der Waals surface area (Å²) in [6.45, 7) is 10.1. The third-order valence-electron chi connectivity index (χ3n) is 20.4. The molecule has 112 heavy (non-hydrogen) atoms. The van der Waals surface area contributed by atoms with Gasteiger partial charge in [-0.3, -0.25) is 47.9 Å². The number of esters is 1. The van der Waals surface area contributed by atoms with Gasteiger partial charge in [-0.15, -0.1) is 0 Å². The van der Waals surface area contributed by atoms with Gasteiger partial charge < -0.3 is 85.4 Å². The quantitative estimate of drug-likeness (QED) is 0.00834. The van der Waals surface area contributed by atoms with Crippen LogP contribution in [0.3, 0.4) is 0 Å². The first-order chi connectivity index (χ1) is 53.1. The van der Waals surface area contributed by atoms with Gasteiger partial charge in [0.15, 0.2) is 41.0 Å². The van der Waals surface area contributed by atoms with Crippen molar-refractivity contribution in [2.24, 2.45) is 23.7 Å². The van der Waals surface area contributed by atoms with Gasteiger partial charge in [0.2, 0.25) is 17.7 Å². The Hall–Kier alpha value is -10.7. The van der Waals surface area contributed by atoms with Crippen LogP contribution in [0.1, 0.15) is 190 Å². The normalized spacial score (nSPS) is 19.6. The highest BCUT2D eigenvalue weighted by Crippen LogP contribution is 2.55. The zero-order valence-electron chi connectivity index (χ0n) is 64.0. The molecule has 10 N–H and O–H groups in total. The highest BCUT2D eigenvalue weighted by molar-refractivity contribution is 6.31. The maximum absolute atomic E-state index is 14.5. The Morgan fingerprint density at radius 3 is 1.87 bits per heavy atom. The number of ether oxygens (including phenoxy) is 5. The Bertz CT molecular complexity index is 4340. The number of aliphatic hydroxyl groups is 3. The first-order valence-electron chi connectivity index (χ1n) is 37.4. The lowest BCUT2D eigenvalue weighted by Gasteiger charge is -2.47. The van der Waals surface area contributed by atoms with Gasteiger partial charge in [0.05, 0.1) is 54.2 Å². The lowest BCUT2D eigenvalue weighted by Crippen LogP contribution is -2.58. The van der Waals surface area contributed by atoms with Crippen LogP contribution in [-0.2, 0) is 110 Å². The molecule has 2 aliphatic carbocycles. The molecule has 0 saturated carbocycles. The molecule has 29 heteroatoms. The number of carbonyl (C=O) groups excluding carboxylic acids is 14. The number of amides is 5. The monoisotopic (exact) mass is 1550 g/mol. The second kappa shape index (κ2) is 39.5. The van der Waals surface area contributed by atoms with Crippen LogP contribution < -0.4 is 26.6 Å². The third-order valence-corrected chi connectivity index (χ3v) is 20.4. The number of aromatic hydroxyl groups is 2. The second-order valence-electron chi connectivity index (χ2n) is 29.7. The van der Waals surface area contributed by atoms with E-state index >= 15 is 0 Å². The van der Waals surface area contributed by atoms with Crippen LogP contribution in [0.4, 0.5) is 9.59 Å². The van der Waals surface area contributed by atoms with E-state index in [9.17, 15) is 92.7 Å². The maximum Gasteiger partial charge on any atom is 0.407 e. The van der Waals surface area contributed by atoms with Crippen LogP contribution in [0.25, 0.3) is 0 Å². The average Bonchev–Trinajstić information content (AvgIpc) is 0.700. The number of phenolic OH excluding ortho intramolecular Hbond substituents is 2. The summed E-state index contributed by atoms with van der Waals surface area (Å²) in [7, 11) is 0. The molecule has 0 radical (unpaired) electrons. The van der Waals surface area contributed by atoms with E-state index in [4.69, 9.17) is 23.7 Å². The molecule has 1 aliphatic heterocycles. The molecule has 5 aromatic rings. The third kappa shape index (κ3) is 23.0. The largest absolute Gasteiger partial charge is 0.507 e. The summed E-state index contributed by atoms with van der Waals surface area (Å²) in [6.07, 6.45) is -8.61. The lowest BCUT2D eigenvalue weighted by molar-refractivity contribution is -0.275. The molecule has 1 saturated heterocycles. The predicted molar refractivity (Wildman–Crippen MR) is 400 cm³/mol. The van der Waals surface area contributed by atoms with Gasteiger partial charge in [-0.2, -0.15) is 0 Å². The molecular weight excluding hydrogens is 1450 g/mol. The van der Waals surface area contributed by atoms with Crippen molar-refractivity contribution in [3.63, 3.8) is 0 Å². The molecule has 8 rings (SSSR count). The van der Waals surface area contributed by atoms with E-state index < -0.39 is 222 Å². The number of benzene rings is 5. The van der Waals surface area contributed by atoms with Crippen molar-refractivity contribution >= 4 is 82.1 Å². The van der Waals surface area contributed by atoms with E-state index in [0.29, 0.717) is 48.1 Å². The van der Waals surface area contributed by atoms with Crippen LogP contribution in [0.2, 0.25) is 0 Å². The summed E-state index contributed by atoms with van der Waals surface area (Å²) in [5.41, 5.74) is -3.59. The van der Waals surface area contributed by atoms with Crippen molar-refractivity contribution in [2.45, 2.75) is 207 Å². The number of rotatable bonds is 39. The van der Waals surface area contributed by atoms with Gasteiger partial charge in [-0.1, -0.05) is 130 Å². The molecule has 3 aliphatic rings. The number of hydrogen-bond acceptors (Lipinski definition) is 24. The van der Waals surface area contributed by atoms with Gasteiger partial charge in [0.1, 0.15) is 66.8 Å². The Morgan fingerprint density at radius 1 is 0.634 bits per heavy atom. The van der Waals surface area contributed by atoms with Crippen LogP contribution in [0.5, 0.6) is 11.5 Å². The lowest BCUT2D eigenvalue weighted by atomic mass is 9.67. The Labute approximate surface area is 648 Å². The number of aliphatic hydroxyl groups excluding tert-OH is 2. The Morgan fingerprint density at radius 2 is 1.24 bits per heavy atom. The number of ketones is 8. The van der Waals surface area contributed by atoms with Gasteiger partial charge in [0, 0.05) is 92.0 Å². The number of nitrogens with one attached hydrogen (secondary N) is 5. The zero-order valence-corrected chi connectivity index (χ0v) is 64.0. The molecule has 29 nitrogen and oxygen atoms in total. The number of aryl methyl sites for hydroxylation is 1. The van der Waals surface area contributed by atoms with Gasteiger partial charge in [0.25, 0.3) is 0 Å². The Kier molecular flexibility index (Phi) is 30.6. The first-order valence-corrected chi connectivity index (χ1v) is 37.4. The van der Waals surface area contributed by atoms with Gasteiger partial charge in [-0.05, 0) is 87.6 Å². The van der Waals surface area contributed by atoms with Crippen molar-refractivity contribution in [2.75, 3.05) is 19.7 Å². The number of phenols is 2. The molecular formula is C83H99N5O24. The number of Topliss-reactive ketones (excluding diaryl/α,β-unsaturated/α-hetero) is 6. The van der Waals surface area contributed by atoms with E-state index in [1.165, 1.54) is 58.0 Å². The van der Waals surface area contributed by atoms with Crippen LogP contribution in [0, 0.1) is 30.6 Å². The number of unbranched alkanes of at least 4 members (excludes halogenated alkanes) is 1.